The summed E-state index contributed by atoms with van der Waals surface area (Å²) >= 11 is 3.57. The molecule has 0 spiro atoms. The van der Waals surface area contributed by atoms with Gasteiger partial charge in [-0.3, -0.25) is 0 Å². The van der Waals surface area contributed by atoms with Crippen LogP contribution in [-0.2, 0) is 4.74 Å². The monoisotopic (exact) mass is 210 g/mol. The van der Waals surface area contributed by atoms with Gasteiger partial charge in [-0.15, -0.1) is 0 Å². The Morgan fingerprint density at radius 1 is 1.08 bits per heavy atom. The minimum atomic E-state index is -5.54. The molecule has 0 aliphatic heterocycles. The summed E-state index contributed by atoms with van der Waals surface area (Å²) in [6.45, 7) is -1.87. The van der Waals surface area contributed by atoms with E-state index in [9.17, 15) is 22.0 Å². The molecule has 0 fully saturated rings. The smallest absolute Gasteiger partial charge is 0.374 e. The summed E-state index contributed by atoms with van der Waals surface area (Å²) in [7, 11) is 0. The standard InChI is InChI=1S/C5H7F5OS/c6-4(7,5(8,9)10)3-11-1-2-12/h12H,1-3H2. The highest BCUT2D eigenvalue weighted by atomic mass is 32.1. The summed E-state index contributed by atoms with van der Waals surface area (Å²) in [6.07, 6.45) is -5.54. The predicted molar refractivity (Wildman–Crippen MR) is 35.7 cm³/mol. The molecule has 0 aromatic carbocycles. The molecule has 0 aliphatic carbocycles. The first-order chi connectivity index (χ1) is 5.31. The van der Waals surface area contributed by atoms with E-state index in [2.05, 4.69) is 17.4 Å². The number of rotatable bonds is 4. The Hall–Kier alpha value is -0.0400. The first-order valence-corrected chi connectivity index (χ1v) is 3.57. The van der Waals surface area contributed by atoms with Crippen molar-refractivity contribution in [3.05, 3.63) is 0 Å². The number of ether oxygens (including phenoxy) is 1. The lowest BCUT2D eigenvalue weighted by atomic mass is 10.3. The third kappa shape index (κ3) is 3.57. The molecule has 12 heavy (non-hydrogen) atoms. The maximum Gasteiger partial charge on any atom is 0.455 e. The van der Waals surface area contributed by atoms with E-state index in [0.29, 0.717) is 0 Å². The number of thiol groups is 1. The number of hydrogen-bond donors (Lipinski definition) is 1. The van der Waals surface area contributed by atoms with Gasteiger partial charge in [0.05, 0.1) is 6.61 Å². The largest absolute Gasteiger partial charge is 0.455 e. The van der Waals surface area contributed by atoms with E-state index < -0.39 is 18.7 Å². The minimum absolute atomic E-state index is 0.105. The van der Waals surface area contributed by atoms with Crippen LogP contribution in [0.5, 0.6) is 0 Å². The maximum atomic E-state index is 12.0. The summed E-state index contributed by atoms with van der Waals surface area (Å²) in [5.41, 5.74) is 0. The zero-order chi connectivity index (χ0) is 9.83. The molecule has 0 atom stereocenters. The summed E-state index contributed by atoms with van der Waals surface area (Å²) in [5, 5.41) is 0. The molecule has 0 unspecified atom stereocenters. The molecular weight excluding hydrogens is 203 g/mol. The predicted octanol–water partition coefficient (Wildman–Crippen LogP) is 2.13. The maximum absolute atomic E-state index is 12.0. The van der Waals surface area contributed by atoms with Gasteiger partial charge in [0.15, 0.2) is 0 Å². The Morgan fingerprint density at radius 3 is 1.92 bits per heavy atom. The topological polar surface area (TPSA) is 9.23 Å². The summed E-state index contributed by atoms with van der Waals surface area (Å²) in [4.78, 5) is 0. The van der Waals surface area contributed by atoms with Gasteiger partial charge in [-0.2, -0.15) is 34.6 Å². The van der Waals surface area contributed by atoms with Crippen LogP contribution in [0.2, 0.25) is 0 Å². The van der Waals surface area contributed by atoms with Crippen LogP contribution in [0.4, 0.5) is 22.0 Å². The molecule has 0 aromatic heterocycles. The van der Waals surface area contributed by atoms with Crippen molar-refractivity contribution in [2.75, 3.05) is 19.0 Å². The highest BCUT2D eigenvalue weighted by Gasteiger charge is 2.57. The van der Waals surface area contributed by atoms with Crippen LogP contribution in [-0.4, -0.2) is 31.1 Å². The molecule has 0 radical (unpaired) electrons. The Labute approximate surface area is 71.3 Å². The normalized spacial score (nSPS) is 13.5. The first-order valence-electron chi connectivity index (χ1n) is 2.94. The highest BCUT2D eigenvalue weighted by Crippen LogP contribution is 2.35. The van der Waals surface area contributed by atoms with Gasteiger partial charge in [0.2, 0.25) is 0 Å². The van der Waals surface area contributed by atoms with Gasteiger partial charge < -0.3 is 4.74 Å². The van der Waals surface area contributed by atoms with Crippen molar-refractivity contribution in [2.45, 2.75) is 12.1 Å². The van der Waals surface area contributed by atoms with E-state index in [1.54, 1.807) is 0 Å². The molecule has 0 saturated heterocycles. The van der Waals surface area contributed by atoms with Crippen LogP contribution >= 0.6 is 12.6 Å². The van der Waals surface area contributed by atoms with Gasteiger partial charge in [0, 0.05) is 5.75 Å². The third-order valence-corrected chi connectivity index (χ3v) is 1.12. The average molecular weight is 210 g/mol. The second-order valence-electron chi connectivity index (χ2n) is 1.98. The Balaban J connectivity index is 3.88. The van der Waals surface area contributed by atoms with Gasteiger partial charge >= 0.3 is 12.1 Å². The molecule has 0 aromatic rings. The number of hydrogen-bond acceptors (Lipinski definition) is 2. The second-order valence-corrected chi connectivity index (χ2v) is 2.43. The minimum Gasteiger partial charge on any atom is -0.374 e. The molecule has 0 rings (SSSR count). The highest BCUT2D eigenvalue weighted by molar-refractivity contribution is 7.80. The number of halogens is 5. The van der Waals surface area contributed by atoms with Crippen molar-refractivity contribution in [1.82, 2.24) is 0 Å². The third-order valence-electron chi connectivity index (χ3n) is 0.934. The van der Waals surface area contributed by atoms with E-state index in [4.69, 9.17) is 0 Å². The van der Waals surface area contributed by atoms with Crippen molar-refractivity contribution in [3.8, 4) is 0 Å². The summed E-state index contributed by atoms with van der Waals surface area (Å²) in [6, 6.07) is 0. The van der Waals surface area contributed by atoms with E-state index in [0.717, 1.165) is 0 Å². The average Bonchev–Trinajstić information content (AvgIpc) is 1.85. The van der Waals surface area contributed by atoms with Crippen molar-refractivity contribution < 1.29 is 26.7 Å². The van der Waals surface area contributed by atoms with Crippen molar-refractivity contribution in [3.63, 3.8) is 0 Å². The van der Waals surface area contributed by atoms with E-state index in [1.165, 1.54) is 0 Å². The second kappa shape index (κ2) is 4.27. The molecule has 7 heteroatoms. The molecule has 74 valence electrons. The van der Waals surface area contributed by atoms with Crippen molar-refractivity contribution in [1.29, 1.82) is 0 Å². The first kappa shape index (κ1) is 12.0. The van der Waals surface area contributed by atoms with Crippen molar-refractivity contribution in [2.24, 2.45) is 0 Å². The fourth-order valence-electron chi connectivity index (χ4n) is 0.347. The summed E-state index contributed by atoms with van der Waals surface area (Å²) < 4.78 is 62.2. The molecule has 0 aliphatic rings. The number of alkyl halides is 5. The molecular formula is C5H7F5OS. The molecule has 1 nitrogen and oxygen atoms in total. The van der Waals surface area contributed by atoms with Crippen LogP contribution in [0, 0.1) is 0 Å². The fourth-order valence-corrected chi connectivity index (χ4v) is 0.476. The van der Waals surface area contributed by atoms with Crippen molar-refractivity contribution >= 4 is 12.6 Å². The molecule has 0 saturated carbocycles. The van der Waals surface area contributed by atoms with Gasteiger partial charge in [-0.05, 0) is 0 Å². The fraction of sp³-hybridized carbons (Fsp3) is 1.00. The zero-order valence-corrected chi connectivity index (χ0v) is 6.76. The van der Waals surface area contributed by atoms with E-state index in [-0.39, 0.29) is 12.4 Å². The van der Waals surface area contributed by atoms with E-state index in [1.807, 2.05) is 0 Å². The van der Waals surface area contributed by atoms with Gasteiger partial charge in [-0.25, -0.2) is 0 Å². The summed E-state index contributed by atoms with van der Waals surface area (Å²) in [5.74, 6) is -4.66. The zero-order valence-electron chi connectivity index (χ0n) is 5.87. The lowest BCUT2D eigenvalue weighted by Gasteiger charge is -2.18. The van der Waals surface area contributed by atoms with Crippen LogP contribution < -0.4 is 0 Å². The quantitative estimate of drug-likeness (QED) is 0.425. The SMILES string of the molecule is FC(F)(F)C(F)(F)COCCS. The van der Waals surface area contributed by atoms with Gasteiger partial charge in [0.1, 0.15) is 6.61 Å². The van der Waals surface area contributed by atoms with E-state index >= 15 is 0 Å². The lowest BCUT2D eigenvalue weighted by Crippen LogP contribution is -2.40. The van der Waals surface area contributed by atoms with Gasteiger partial charge in [0.25, 0.3) is 0 Å². The van der Waals surface area contributed by atoms with Crippen LogP contribution in [0.1, 0.15) is 0 Å². The molecule has 0 bridgehead atoms. The van der Waals surface area contributed by atoms with Crippen LogP contribution in [0.3, 0.4) is 0 Å². The van der Waals surface area contributed by atoms with Gasteiger partial charge in [-0.1, -0.05) is 0 Å². The van der Waals surface area contributed by atoms with Crippen LogP contribution in [0.25, 0.3) is 0 Å². The molecule has 0 heterocycles. The van der Waals surface area contributed by atoms with Crippen LogP contribution in [0.15, 0.2) is 0 Å². The Morgan fingerprint density at radius 2 is 1.58 bits per heavy atom. The Kier molecular flexibility index (Phi) is 4.25. The molecule has 0 amide bonds. The lowest BCUT2D eigenvalue weighted by molar-refractivity contribution is -0.296. The Bertz CT molecular complexity index is 134. The molecule has 0 N–H and O–H groups in total.